The van der Waals surface area contributed by atoms with Crippen molar-refractivity contribution >= 4 is 29.7 Å². The van der Waals surface area contributed by atoms with Crippen molar-refractivity contribution in [3.8, 4) is 17.2 Å². The average Bonchev–Trinajstić information content (AvgIpc) is 3.19. The van der Waals surface area contributed by atoms with Crippen LogP contribution in [0.2, 0.25) is 0 Å². The van der Waals surface area contributed by atoms with E-state index in [1.54, 1.807) is 35.6 Å². The van der Waals surface area contributed by atoms with Crippen LogP contribution in [-0.2, 0) is 9.63 Å². The van der Waals surface area contributed by atoms with Crippen LogP contribution in [0, 0.1) is 0 Å². The van der Waals surface area contributed by atoms with Gasteiger partial charge in [-0.3, -0.25) is 9.63 Å². The number of nitrogens with one attached hydrogen (secondary N) is 2. The van der Waals surface area contributed by atoms with Crippen molar-refractivity contribution < 1.29 is 28.9 Å². The summed E-state index contributed by atoms with van der Waals surface area (Å²) in [6.45, 7) is 1.58. The molecule has 8 nitrogen and oxygen atoms in total. The summed E-state index contributed by atoms with van der Waals surface area (Å²) in [6.07, 6.45) is -0.586. The van der Waals surface area contributed by atoms with Crippen LogP contribution in [0.5, 0.6) is 17.2 Å². The highest BCUT2D eigenvalue weighted by atomic mass is 35.5. The molecule has 28 heavy (non-hydrogen) atoms. The number of thiophene rings is 1. The molecule has 0 radical (unpaired) electrons. The van der Waals surface area contributed by atoms with Crippen LogP contribution in [0.1, 0.15) is 0 Å². The van der Waals surface area contributed by atoms with Crippen LogP contribution < -0.4 is 25.0 Å². The molecule has 10 heteroatoms. The van der Waals surface area contributed by atoms with Crippen molar-refractivity contribution in [2.45, 2.75) is 6.10 Å². The van der Waals surface area contributed by atoms with Crippen LogP contribution in [0.4, 0.5) is 0 Å². The first kappa shape index (κ1) is 24.0. The highest BCUT2D eigenvalue weighted by Gasteiger charge is 2.05. The van der Waals surface area contributed by atoms with Crippen LogP contribution in [-0.4, -0.2) is 57.1 Å². The number of aliphatic hydroxyl groups is 1. The van der Waals surface area contributed by atoms with Crippen LogP contribution in [0.25, 0.3) is 0 Å². The summed E-state index contributed by atoms with van der Waals surface area (Å²) in [6, 6.07) is 8.81. The quantitative estimate of drug-likeness (QED) is 0.327. The molecule has 0 bridgehead atoms. The molecule has 2 aromatic rings. The number of carbonyl (C=O) groups is 1. The molecule has 1 heterocycles. The Hall–Kier alpha value is -2.04. The Bertz CT molecular complexity index is 657. The van der Waals surface area contributed by atoms with Crippen molar-refractivity contribution in [3.05, 3.63) is 41.1 Å². The highest BCUT2D eigenvalue weighted by molar-refractivity contribution is 7.08. The molecule has 0 saturated heterocycles. The first-order valence-electron chi connectivity index (χ1n) is 8.38. The first-order valence-corrected chi connectivity index (χ1v) is 9.33. The molecule has 0 saturated carbocycles. The summed E-state index contributed by atoms with van der Waals surface area (Å²) in [5, 5.41) is 16.8. The maximum absolute atomic E-state index is 11.2. The van der Waals surface area contributed by atoms with Gasteiger partial charge >= 0.3 is 0 Å². The maximum Gasteiger partial charge on any atom is 0.281 e. The lowest BCUT2D eigenvalue weighted by molar-refractivity contribution is -0.133. The van der Waals surface area contributed by atoms with Crippen molar-refractivity contribution in [2.24, 2.45) is 0 Å². The Balaban J connectivity index is 0.00000392. The fourth-order valence-corrected chi connectivity index (χ4v) is 2.59. The molecule has 1 aromatic heterocycles. The first-order chi connectivity index (χ1) is 13.2. The SMILES string of the molecule is CONC(=O)COc1ccc(OCCNCC(O)COc2ccsc2)cc1.Cl. The van der Waals surface area contributed by atoms with E-state index in [1.165, 1.54) is 7.11 Å². The van der Waals surface area contributed by atoms with E-state index in [4.69, 9.17) is 14.2 Å². The monoisotopic (exact) mass is 432 g/mol. The maximum atomic E-state index is 11.2. The predicted molar refractivity (Wildman–Crippen MR) is 109 cm³/mol. The minimum Gasteiger partial charge on any atom is -0.492 e. The molecule has 156 valence electrons. The van der Waals surface area contributed by atoms with Gasteiger partial charge in [0.2, 0.25) is 0 Å². The van der Waals surface area contributed by atoms with Gasteiger partial charge in [0.1, 0.15) is 36.6 Å². The zero-order valence-electron chi connectivity index (χ0n) is 15.5. The molecule has 0 aliphatic carbocycles. The molecule has 3 N–H and O–H groups in total. The number of benzene rings is 1. The second-order valence-corrected chi connectivity index (χ2v) is 6.25. The van der Waals surface area contributed by atoms with Gasteiger partial charge in [0.15, 0.2) is 6.61 Å². The third-order valence-electron chi connectivity index (χ3n) is 3.27. The Morgan fingerprint density at radius 1 is 1.11 bits per heavy atom. The Morgan fingerprint density at radius 2 is 1.82 bits per heavy atom. The Morgan fingerprint density at radius 3 is 2.46 bits per heavy atom. The highest BCUT2D eigenvalue weighted by Crippen LogP contribution is 2.17. The molecule has 0 spiro atoms. The fourth-order valence-electron chi connectivity index (χ4n) is 2.02. The molecular formula is C18H25ClN2O6S. The number of halogens is 1. The van der Waals surface area contributed by atoms with Crippen molar-refractivity contribution in [1.82, 2.24) is 10.8 Å². The largest absolute Gasteiger partial charge is 0.492 e. The van der Waals surface area contributed by atoms with E-state index in [2.05, 4.69) is 15.6 Å². The molecule has 1 unspecified atom stereocenters. The third kappa shape index (κ3) is 9.77. The summed E-state index contributed by atoms with van der Waals surface area (Å²) < 4.78 is 16.3. The molecule has 1 aromatic carbocycles. The summed E-state index contributed by atoms with van der Waals surface area (Å²) in [4.78, 5) is 15.7. The van der Waals surface area contributed by atoms with Gasteiger partial charge < -0.3 is 24.6 Å². The average molecular weight is 433 g/mol. The number of hydroxylamine groups is 1. The lowest BCUT2D eigenvalue weighted by atomic mass is 10.3. The molecule has 1 amide bonds. The van der Waals surface area contributed by atoms with Gasteiger partial charge in [-0.15, -0.1) is 23.7 Å². The zero-order valence-corrected chi connectivity index (χ0v) is 17.1. The molecule has 0 fully saturated rings. The van der Waals surface area contributed by atoms with Gasteiger partial charge in [0, 0.05) is 18.5 Å². The van der Waals surface area contributed by atoms with E-state index >= 15 is 0 Å². The van der Waals surface area contributed by atoms with E-state index in [1.807, 2.05) is 16.8 Å². The Kier molecular flexibility index (Phi) is 12.0. The number of amides is 1. The van der Waals surface area contributed by atoms with Gasteiger partial charge in [-0.05, 0) is 35.7 Å². The van der Waals surface area contributed by atoms with Gasteiger partial charge in [0.05, 0.1) is 7.11 Å². The van der Waals surface area contributed by atoms with Gasteiger partial charge in [-0.25, -0.2) is 5.48 Å². The fraction of sp³-hybridized carbons (Fsp3) is 0.389. The number of rotatable bonds is 13. The van der Waals surface area contributed by atoms with E-state index in [0.29, 0.717) is 31.2 Å². The minimum absolute atomic E-state index is 0. The van der Waals surface area contributed by atoms with Crippen LogP contribution in [0.3, 0.4) is 0 Å². The van der Waals surface area contributed by atoms with E-state index in [9.17, 15) is 9.90 Å². The van der Waals surface area contributed by atoms with Crippen molar-refractivity contribution in [2.75, 3.05) is 40.0 Å². The van der Waals surface area contributed by atoms with Crippen LogP contribution in [0.15, 0.2) is 41.1 Å². The molecule has 0 aliphatic heterocycles. The summed E-state index contributed by atoms with van der Waals surface area (Å²) in [5.41, 5.74) is 2.17. The molecule has 2 rings (SSSR count). The van der Waals surface area contributed by atoms with Crippen LogP contribution >= 0.6 is 23.7 Å². The second kappa shape index (κ2) is 14.0. The number of ether oxygens (including phenoxy) is 3. The van der Waals surface area contributed by atoms with E-state index in [0.717, 1.165) is 5.75 Å². The topological polar surface area (TPSA) is 98.3 Å². The zero-order chi connectivity index (χ0) is 19.3. The smallest absolute Gasteiger partial charge is 0.281 e. The Labute approximate surface area is 174 Å². The third-order valence-corrected chi connectivity index (χ3v) is 3.94. The van der Waals surface area contributed by atoms with Gasteiger partial charge in [-0.2, -0.15) is 0 Å². The lowest BCUT2D eigenvalue weighted by Gasteiger charge is -2.13. The molecule has 1 atom stereocenters. The number of aliphatic hydroxyl groups excluding tert-OH is 1. The standard InChI is InChI=1S/C18H24N2O6S.ClH/c1-23-20-18(22)12-26-16-4-2-15(3-5-16)24-8-7-19-10-14(21)11-25-17-6-9-27-13-17;/h2-6,9,13-14,19,21H,7-8,10-12H2,1H3,(H,20,22);1H. The van der Waals surface area contributed by atoms with E-state index < -0.39 is 6.10 Å². The normalized spacial score (nSPS) is 11.2. The second-order valence-electron chi connectivity index (χ2n) is 5.47. The summed E-state index contributed by atoms with van der Waals surface area (Å²) in [5.74, 6) is 1.65. The minimum atomic E-state index is -0.586. The van der Waals surface area contributed by atoms with Crippen molar-refractivity contribution in [3.63, 3.8) is 0 Å². The number of carbonyl (C=O) groups excluding carboxylic acids is 1. The summed E-state index contributed by atoms with van der Waals surface area (Å²) >= 11 is 1.55. The molecular weight excluding hydrogens is 408 g/mol. The van der Waals surface area contributed by atoms with E-state index in [-0.39, 0.29) is 31.5 Å². The number of hydrogen-bond donors (Lipinski definition) is 3. The van der Waals surface area contributed by atoms with Gasteiger partial charge in [-0.1, -0.05) is 0 Å². The number of hydrogen-bond acceptors (Lipinski definition) is 8. The van der Waals surface area contributed by atoms with Gasteiger partial charge in [0.25, 0.3) is 5.91 Å². The summed E-state index contributed by atoms with van der Waals surface area (Å²) in [7, 11) is 1.36. The predicted octanol–water partition coefficient (Wildman–Crippen LogP) is 1.63. The lowest BCUT2D eigenvalue weighted by Crippen LogP contribution is -2.33. The van der Waals surface area contributed by atoms with Crippen molar-refractivity contribution in [1.29, 1.82) is 0 Å². The molecule has 0 aliphatic rings.